The Hall–Kier alpha value is -1.84. The van der Waals surface area contributed by atoms with E-state index in [1.54, 1.807) is 12.1 Å². The first kappa shape index (κ1) is 13.2. The van der Waals surface area contributed by atoms with E-state index in [0.29, 0.717) is 23.4 Å². The molecule has 2 aromatic rings. The topological polar surface area (TPSA) is 55.1 Å². The van der Waals surface area contributed by atoms with Gasteiger partial charge in [-0.05, 0) is 43.9 Å². The normalized spacial score (nSPS) is 16.8. The lowest BCUT2D eigenvalue weighted by molar-refractivity contribution is 0.0697. The molecule has 1 atom stereocenters. The van der Waals surface area contributed by atoms with Crippen LogP contribution >= 0.6 is 0 Å². The fourth-order valence-electron chi connectivity index (χ4n) is 2.87. The number of aromatic carboxylic acids is 1. The molecule has 1 aliphatic carbocycles. The van der Waals surface area contributed by atoms with Crippen molar-refractivity contribution in [1.82, 2.24) is 9.55 Å². The van der Waals surface area contributed by atoms with Gasteiger partial charge in [-0.15, -0.1) is 0 Å². The molecule has 0 spiro atoms. The number of imidazole rings is 1. The number of carboxylic acids is 1. The molecule has 3 rings (SSSR count). The molecule has 20 heavy (non-hydrogen) atoms. The van der Waals surface area contributed by atoms with Gasteiger partial charge in [0.15, 0.2) is 0 Å². The standard InChI is InChI=1S/C16H20N2O2/c1-9(2)15-17-13-7-6-12(16(19)20)8-14(13)18(15)10(3)11-4-5-11/h6-11H,4-5H2,1-3H3,(H,19,20). The van der Waals surface area contributed by atoms with Crippen LogP contribution in [0.2, 0.25) is 0 Å². The average Bonchev–Trinajstić information content (AvgIpc) is 3.17. The number of rotatable bonds is 4. The van der Waals surface area contributed by atoms with Crippen LogP contribution in [0.15, 0.2) is 18.2 Å². The first-order valence-corrected chi connectivity index (χ1v) is 7.24. The third-order valence-electron chi connectivity index (χ3n) is 4.19. The van der Waals surface area contributed by atoms with Gasteiger partial charge in [0.05, 0.1) is 16.6 Å². The molecule has 0 bridgehead atoms. The summed E-state index contributed by atoms with van der Waals surface area (Å²) in [4.78, 5) is 15.9. The van der Waals surface area contributed by atoms with Gasteiger partial charge in [0.25, 0.3) is 0 Å². The highest BCUT2D eigenvalue weighted by atomic mass is 16.4. The van der Waals surface area contributed by atoms with Gasteiger partial charge < -0.3 is 9.67 Å². The van der Waals surface area contributed by atoms with Gasteiger partial charge >= 0.3 is 5.97 Å². The van der Waals surface area contributed by atoms with Gasteiger partial charge in [-0.2, -0.15) is 0 Å². The Bertz CT molecular complexity index is 668. The molecule has 0 radical (unpaired) electrons. The molecule has 1 aliphatic rings. The van der Waals surface area contributed by atoms with E-state index in [1.807, 2.05) is 6.07 Å². The number of carboxylic acid groups (broad SMARTS) is 1. The quantitative estimate of drug-likeness (QED) is 0.920. The van der Waals surface area contributed by atoms with Crippen LogP contribution in [-0.2, 0) is 0 Å². The molecule has 1 fully saturated rings. The predicted octanol–water partition coefficient (Wildman–Crippen LogP) is 3.83. The van der Waals surface area contributed by atoms with Crippen LogP contribution in [-0.4, -0.2) is 20.6 Å². The number of carbonyl (C=O) groups is 1. The van der Waals surface area contributed by atoms with Crippen molar-refractivity contribution in [2.24, 2.45) is 5.92 Å². The Morgan fingerprint density at radius 3 is 2.60 bits per heavy atom. The predicted molar refractivity (Wildman–Crippen MR) is 78.2 cm³/mol. The lowest BCUT2D eigenvalue weighted by Gasteiger charge is -2.18. The van der Waals surface area contributed by atoms with E-state index in [0.717, 1.165) is 16.9 Å². The molecule has 1 heterocycles. The summed E-state index contributed by atoms with van der Waals surface area (Å²) in [5.41, 5.74) is 2.18. The number of hydrogen-bond acceptors (Lipinski definition) is 2. The van der Waals surface area contributed by atoms with Gasteiger partial charge in [0.1, 0.15) is 5.82 Å². The van der Waals surface area contributed by atoms with Crippen molar-refractivity contribution in [3.8, 4) is 0 Å². The largest absolute Gasteiger partial charge is 0.478 e. The zero-order valence-corrected chi connectivity index (χ0v) is 12.1. The average molecular weight is 272 g/mol. The second kappa shape index (κ2) is 4.62. The van der Waals surface area contributed by atoms with Crippen LogP contribution in [0.1, 0.15) is 61.8 Å². The maximum Gasteiger partial charge on any atom is 0.335 e. The van der Waals surface area contributed by atoms with Crippen molar-refractivity contribution < 1.29 is 9.90 Å². The fourth-order valence-corrected chi connectivity index (χ4v) is 2.87. The monoisotopic (exact) mass is 272 g/mol. The molecule has 4 nitrogen and oxygen atoms in total. The van der Waals surface area contributed by atoms with Gasteiger partial charge in [-0.3, -0.25) is 0 Å². The lowest BCUT2D eigenvalue weighted by atomic mass is 10.1. The molecule has 106 valence electrons. The van der Waals surface area contributed by atoms with E-state index >= 15 is 0 Å². The second-order valence-corrected chi connectivity index (χ2v) is 6.08. The van der Waals surface area contributed by atoms with E-state index < -0.39 is 5.97 Å². The minimum absolute atomic E-state index is 0.330. The smallest absolute Gasteiger partial charge is 0.335 e. The second-order valence-electron chi connectivity index (χ2n) is 6.08. The highest BCUT2D eigenvalue weighted by molar-refractivity contribution is 5.92. The molecule has 0 aliphatic heterocycles. The summed E-state index contributed by atoms with van der Waals surface area (Å²) < 4.78 is 2.25. The minimum atomic E-state index is -0.884. The third-order valence-corrected chi connectivity index (χ3v) is 4.19. The van der Waals surface area contributed by atoms with Crippen molar-refractivity contribution in [1.29, 1.82) is 0 Å². The van der Waals surface area contributed by atoms with E-state index in [4.69, 9.17) is 4.98 Å². The van der Waals surface area contributed by atoms with Crippen LogP contribution in [0, 0.1) is 5.92 Å². The number of benzene rings is 1. The van der Waals surface area contributed by atoms with Gasteiger partial charge in [-0.1, -0.05) is 13.8 Å². The molecule has 1 unspecified atom stereocenters. The van der Waals surface area contributed by atoms with E-state index in [2.05, 4.69) is 25.3 Å². The van der Waals surface area contributed by atoms with Crippen molar-refractivity contribution in [2.75, 3.05) is 0 Å². The maximum absolute atomic E-state index is 11.2. The summed E-state index contributed by atoms with van der Waals surface area (Å²) >= 11 is 0. The van der Waals surface area contributed by atoms with Crippen LogP contribution in [0.3, 0.4) is 0 Å². The number of hydrogen-bond donors (Lipinski definition) is 1. The van der Waals surface area contributed by atoms with Crippen molar-refractivity contribution in [3.05, 3.63) is 29.6 Å². The van der Waals surface area contributed by atoms with Crippen LogP contribution in [0.4, 0.5) is 0 Å². The van der Waals surface area contributed by atoms with E-state index in [1.165, 1.54) is 12.8 Å². The first-order chi connectivity index (χ1) is 9.49. The van der Waals surface area contributed by atoms with Crippen molar-refractivity contribution >= 4 is 17.0 Å². The van der Waals surface area contributed by atoms with Crippen LogP contribution < -0.4 is 0 Å². The molecule has 1 aromatic heterocycles. The summed E-state index contributed by atoms with van der Waals surface area (Å²) in [5, 5.41) is 9.18. The molecule has 1 N–H and O–H groups in total. The van der Waals surface area contributed by atoms with Gasteiger partial charge in [0.2, 0.25) is 0 Å². The molecule has 1 aromatic carbocycles. The van der Waals surface area contributed by atoms with Crippen LogP contribution in [0.5, 0.6) is 0 Å². The Labute approximate surface area is 118 Å². The molecule has 0 saturated heterocycles. The Kier molecular flexibility index (Phi) is 3.04. The highest BCUT2D eigenvalue weighted by Gasteiger charge is 2.32. The van der Waals surface area contributed by atoms with E-state index in [9.17, 15) is 9.90 Å². The Balaban J connectivity index is 2.22. The number of nitrogens with zero attached hydrogens (tertiary/aromatic N) is 2. The van der Waals surface area contributed by atoms with E-state index in [-0.39, 0.29) is 0 Å². The molecule has 4 heteroatoms. The SMILES string of the molecule is CC(C)c1nc2ccc(C(=O)O)cc2n1C(C)C1CC1. The number of fused-ring (bicyclic) bond motifs is 1. The summed E-state index contributed by atoms with van der Waals surface area (Å²) in [5.74, 6) is 1.21. The molecular weight excluding hydrogens is 252 g/mol. The summed E-state index contributed by atoms with van der Waals surface area (Å²) in [6.07, 6.45) is 2.52. The van der Waals surface area contributed by atoms with Crippen molar-refractivity contribution in [3.63, 3.8) is 0 Å². The zero-order chi connectivity index (χ0) is 14.4. The summed E-state index contributed by atoms with van der Waals surface area (Å²) in [6.45, 7) is 6.49. The first-order valence-electron chi connectivity index (χ1n) is 7.24. The van der Waals surface area contributed by atoms with Crippen LogP contribution in [0.25, 0.3) is 11.0 Å². The third kappa shape index (κ3) is 2.09. The summed E-state index contributed by atoms with van der Waals surface area (Å²) in [6, 6.07) is 5.60. The summed E-state index contributed by atoms with van der Waals surface area (Å²) in [7, 11) is 0. The Morgan fingerprint density at radius 2 is 2.05 bits per heavy atom. The van der Waals surface area contributed by atoms with Gasteiger partial charge in [-0.25, -0.2) is 9.78 Å². The van der Waals surface area contributed by atoms with Crippen molar-refractivity contribution in [2.45, 2.75) is 45.6 Å². The molecule has 0 amide bonds. The molecular formula is C16H20N2O2. The van der Waals surface area contributed by atoms with Gasteiger partial charge in [0, 0.05) is 12.0 Å². The number of aromatic nitrogens is 2. The minimum Gasteiger partial charge on any atom is -0.478 e. The maximum atomic E-state index is 11.2. The highest BCUT2D eigenvalue weighted by Crippen LogP contribution is 2.42. The fraction of sp³-hybridized carbons (Fsp3) is 0.500. The molecule has 1 saturated carbocycles. The zero-order valence-electron chi connectivity index (χ0n) is 12.1. The lowest BCUT2D eigenvalue weighted by Crippen LogP contribution is -2.12. The Morgan fingerprint density at radius 1 is 1.35 bits per heavy atom.